The molecule has 1 aromatic carbocycles. The van der Waals surface area contributed by atoms with E-state index in [0.717, 1.165) is 24.4 Å². The number of ether oxygens (including phenoxy) is 1. The molecule has 1 saturated heterocycles. The maximum absolute atomic E-state index is 11.6. The molecule has 0 bridgehead atoms. The van der Waals surface area contributed by atoms with Gasteiger partial charge in [0.05, 0.1) is 12.1 Å². The number of rotatable bonds is 4. The Balaban J connectivity index is 1.93. The number of hydrogen-bond donors (Lipinski definition) is 2. The lowest BCUT2D eigenvalue weighted by Crippen LogP contribution is -2.26. The molecule has 1 aliphatic rings. The summed E-state index contributed by atoms with van der Waals surface area (Å²) in [5.41, 5.74) is 1.89. The molecule has 2 atom stereocenters. The van der Waals surface area contributed by atoms with Crippen LogP contribution in [0.1, 0.15) is 27.2 Å². The van der Waals surface area contributed by atoms with E-state index in [4.69, 9.17) is 4.74 Å². The first-order chi connectivity index (χ1) is 9.06. The van der Waals surface area contributed by atoms with Crippen LogP contribution in [0.3, 0.4) is 0 Å². The summed E-state index contributed by atoms with van der Waals surface area (Å²) in [7, 11) is 0. The quantitative estimate of drug-likeness (QED) is 0.877. The molecular formula is C15H22N2O2. The third kappa shape index (κ3) is 3.70. The number of carbonyl (C=O) groups excluding carboxylic acids is 1. The van der Waals surface area contributed by atoms with Crippen molar-refractivity contribution in [2.24, 2.45) is 5.92 Å². The van der Waals surface area contributed by atoms with Crippen molar-refractivity contribution in [2.75, 3.05) is 17.2 Å². The Hall–Kier alpha value is -1.55. The second kappa shape index (κ2) is 6.06. The summed E-state index contributed by atoms with van der Waals surface area (Å²) in [6, 6.07) is 8.19. The average Bonchev–Trinajstić information content (AvgIpc) is 2.77. The van der Waals surface area contributed by atoms with E-state index >= 15 is 0 Å². The van der Waals surface area contributed by atoms with E-state index in [0.29, 0.717) is 6.04 Å². The topological polar surface area (TPSA) is 50.4 Å². The molecular weight excluding hydrogens is 240 g/mol. The summed E-state index contributed by atoms with van der Waals surface area (Å²) >= 11 is 0. The van der Waals surface area contributed by atoms with Gasteiger partial charge in [-0.1, -0.05) is 13.8 Å². The van der Waals surface area contributed by atoms with Crippen molar-refractivity contribution < 1.29 is 9.53 Å². The summed E-state index contributed by atoms with van der Waals surface area (Å²) < 4.78 is 5.52. The number of hydrogen-bond acceptors (Lipinski definition) is 3. The van der Waals surface area contributed by atoms with E-state index in [1.807, 2.05) is 38.1 Å². The lowest BCUT2D eigenvalue weighted by atomic mass is 10.1. The minimum atomic E-state index is -0.00529. The Morgan fingerprint density at radius 1 is 1.26 bits per heavy atom. The molecule has 1 fully saturated rings. The molecule has 104 valence electrons. The average molecular weight is 262 g/mol. The molecule has 1 aromatic rings. The van der Waals surface area contributed by atoms with E-state index in [9.17, 15) is 4.79 Å². The summed E-state index contributed by atoms with van der Waals surface area (Å²) in [5, 5.41) is 6.34. The third-order valence-electron chi connectivity index (χ3n) is 3.41. The maximum atomic E-state index is 11.6. The minimum Gasteiger partial charge on any atom is -0.380 e. The van der Waals surface area contributed by atoms with Crippen LogP contribution >= 0.6 is 0 Å². The van der Waals surface area contributed by atoms with E-state index < -0.39 is 0 Å². The SMILES string of the molecule is CC(C)C(=O)Nc1ccc(N[C@H]2CCO[C@H]2C)cc1. The van der Waals surface area contributed by atoms with Crippen molar-refractivity contribution in [3.63, 3.8) is 0 Å². The van der Waals surface area contributed by atoms with Crippen molar-refractivity contribution in [3.8, 4) is 0 Å². The first-order valence-electron chi connectivity index (χ1n) is 6.85. The Kier molecular flexibility index (Phi) is 4.43. The van der Waals surface area contributed by atoms with Crippen LogP contribution < -0.4 is 10.6 Å². The van der Waals surface area contributed by atoms with E-state index in [1.165, 1.54) is 0 Å². The Bertz CT molecular complexity index is 428. The first kappa shape index (κ1) is 13.9. The highest BCUT2D eigenvalue weighted by atomic mass is 16.5. The van der Waals surface area contributed by atoms with Gasteiger partial charge < -0.3 is 15.4 Å². The predicted octanol–water partition coefficient (Wildman–Crippen LogP) is 2.87. The second-order valence-corrected chi connectivity index (χ2v) is 5.34. The zero-order chi connectivity index (χ0) is 13.8. The molecule has 1 aliphatic heterocycles. The lowest BCUT2D eigenvalue weighted by molar-refractivity contribution is -0.118. The van der Waals surface area contributed by atoms with Gasteiger partial charge in [-0.2, -0.15) is 0 Å². The Labute approximate surface area is 114 Å². The Morgan fingerprint density at radius 2 is 1.89 bits per heavy atom. The zero-order valence-electron chi connectivity index (χ0n) is 11.8. The fraction of sp³-hybridized carbons (Fsp3) is 0.533. The van der Waals surface area contributed by atoms with Gasteiger partial charge in [0.2, 0.25) is 5.91 Å². The van der Waals surface area contributed by atoms with E-state index in [-0.39, 0.29) is 17.9 Å². The summed E-state index contributed by atoms with van der Waals surface area (Å²) in [4.78, 5) is 11.6. The number of benzene rings is 1. The molecule has 0 aliphatic carbocycles. The van der Waals surface area contributed by atoms with Gasteiger partial charge in [-0.15, -0.1) is 0 Å². The molecule has 0 saturated carbocycles. The van der Waals surface area contributed by atoms with Crippen LogP contribution in [0.15, 0.2) is 24.3 Å². The summed E-state index contributed by atoms with van der Waals surface area (Å²) in [6.45, 7) is 6.67. The van der Waals surface area contributed by atoms with Crippen LogP contribution in [-0.4, -0.2) is 24.7 Å². The molecule has 0 unspecified atom stereocenters. The molecule has 2 N–H and O–H groups in total. The molecule has 2 rings (SSSR count). The third-order valence-corrected chi connectivity index (χ3v) is 3.41. The number of carbonyl (C=O) groups is 1. The van der Waals surface area contributed by atoms with Crippen LogP contribution in [0.25, 0.3) is 0 Å². The zero-order valence-corrected chi connectivity index (χ0v) is 11.8. The molecule has 1 amide bonds. The maximum Gasteiger partial charge on any atom is 0.226 e. The van der Waals surface area contributed by atoms with Crippen molar-refractivity contribution >= 4 is 17.3 Å². The monoisotopic (exact) mass is 262 g/mol. The van der Waals surface area contributed by atoms with Gasteiger partial charge in [0.15, 0.2) is 0 Å². The smallest absolute Gasteiger partial charge is 0.226 e. The van der Waals surface area contributed by atoms with Gasteiger partial charge in [0.25, 0.3) is 0 Å². The van der Waals surface area contributed by atoms with Crippen molar-refractivity contribution in [1.29, 1.82) is 0 Å². The molecule has 4 nitrogen and oxygen atoms in total. The van der Waals surface area contributed by atoms with Gasteiger partial charge in [-0.05, 0) is 37.6 Å². The highest BCUT2D eigenvalue weighted by molar-refractivity contribution is 5.92. The van der Waals surface area contributed by atoms with Crippen LogP contribution in [-0.2, 0) is 9.53 Å². The molecule has 0 spiro atoms. The summed E-state index contributed by atoms with van der Waals surface area (Å²) in [6.07, 6.45) is 1.29. The second-order valence-electron chi connectivity index (χ2n) is 5.34. The van der Waals surface area contributed by atoms with Crippen LogP contribution in [0.5, 0.6) is 0 Å². The number of nitrogens with one attached hydrogen (secondary N) is 2. The molecule has 1 heterocycles. The highest BCUT2D eigenvalue weighted by Crippen LogP contribution is 2.20. The van der Waals surface area contributed by atoms with E-state index in [2.05, 4.69) is 17.6 Å². The van der Waals surface area contributed by atoms with Gasteiger partial charge in [-0.3, -0.25) is 4.79 Å². The number of amides is 1. The fourth-order valence-corrected chi connectivity index (χ4v) is 2.07. The van der Waals surface area contributed by atoms with Gasteiger partial charge in [0.1, 0.15) is 0 Å². The van der Waals surface area contributed by atoms with Crippen LogP contribution in [0, 0.1) is 5.92 Å². The molecule has 4 heteroatoms. The number of anilines is 2. The fourth-order valence-electron chi connectivity index (χ4n) is 2.07. The molecule has 19 heavy (non-hydrogen) atoms. The van der Waals surface area contributed by atoms with Gasteiger partial charge in [0, 0.05) is 23.9 Å². The summed E-state index contributed by atoms with van der Waals surface area (Å²) in [5.74, 6) is 0.0350. The van der Waals surface area contributed by atoms with Gasteiger partial charge >= 0.3 is 0 Å². The normalized spacial score (nSPS) is 22.5. The largest absolute Gasteiger partial charge is 0.380 e. The Morgan fingerprint density at radius 3 is 2.42 bits per heavy atom. The molecule has 0 radical (unpaired) electrons. The minimum absolute atomic E-state index is 0.00529. The first-order valence-corrected chi connectivity index (χ1v) is 6.85. The lowest BCUT2D eigenvalue weighted by Gasteiger charge is -2.17. The van der Waals surface area contributed by atoms with Gasteiger partial charge in [-0.25, -0.2) is 0 Å². The van der Waals surface area contributed by atoms with Crippen molar-refractivity contribution in [3.05, 3.63) is 24.3 Å². The van der Waals surface area contributed by atoms with Crippen molar-refractivity contribution in [2.45, 2.75) is 39.3 Å². The van der Waals surface area contributed by atoms with Crippen LogP contribution in [0.2, 0.25) is 0 Å². The standard InChI is InChI=1S/C15H22N2O2/c1-10(2)15(18)17-13-6-4-12(5-7-13)16-14-8-9-19-11(14)3/h4-7,10-11,14,16H,8-9H2,1-3H3,(H,17,18)/t11-,14-/m0/s1. The molecule has 0 aromatic heterocycles. The van der Waals surface area contributed by atoms with E-state index in [1.54, 1.807) is 0 Å². The predicted molar refractivity (Wildman–Crippen MR) is 77.4 cm³/mol. The highest BCUT2D eigenvalue weighted by Gasteiger charge is 2.23. The van der Waals surface area contributed by atoms with Crippen molar-refractivity contribution in [1.82, 2.24) is 0 Å². The van der Waals surface area contributed by atoms with Crippen LogP contribution in [0.4, 0.5) is 11.4 Å².